The Labute approximate surface area is 188 Å². The van der Waals surface area contributed by atoms with Gasteiger partial charge in [-0.15, -0.1) is 0 Å². The second kappa shape index (κ2) is 25.6. The van der Waals surface area contributed by atoms with Gasteiger partial charge in [0.1, 0.15) is 0 Å². The maximum absolute atomic E-state index is 9.10. The van der Waals surface area contributed by atoms with E-state index in [1.54, 1.807) is 0 Å². The Kier molecular flexibility index (Phi) is 41.7. The van der Waals surface area contributed by atoms with Gasteiger partial charge in [-0.2, -0.15) is 0 Å². The molecule has 18 nitrogen and oxygen atoms in total. The van der Waals surface area contributed by atoms with Gasteiger partial charge >= 0.3 is 47.8 Å². The SMILES string of the molecule is O.O.O=C(O)C(=O)O.O=C(O)C(=O)O.O=C(O)C(=O)O.O=C(O)C(=O)O.[K]. The largest absolute Gasteiger partial charge is 0.473 e. The summed E-state index contributed by atoms with van der Waals surface area (Å²) in [5, 5.41) is 59.1. The predicted molar refractivity (Wildman–Crippen MR) is 74.1 cm³/mol. The summed E-state index contributed by atoms with van der Waals surface area (Å²) in [6.07, 6.45) is 0. The van der Waals surface area contributed by atoms with Crippen LogP contribution in [0.25, 0.3) is 0 Å². The Morgan fingerprint density at radius 3 is 0.333 bits per heavy atom. The minimum atomic E-state index is -1.82. The van der Waals surface area contributed by atoms with Crippen LogP contribution < -0.4 is 0 Å². The van der Waals surface area contributed by atoms with Crippen molar-refractivity contribution in [1.82, 2.24) is 0 Å². The van der Waals surface area contributed by atoms with E-state index in [1.807, 2.05) is 0 Å². The van der Waals surface area contributed by atoms with Gasteiger partial charge in [-0.3, -0.25) is 0 Å². The van der Waals surface area contributed by atoms with Gasteiger partial charge < -0.3 is 51.8 Å². The predicted octanol–water partition coefficient (Wildman–Crippen LogP) is -5.41. The average Bonchev–Trinajstić information content (AvgIpc) is 2.40. The molecule has 0 aliphatic heterocycles. The zero-order valence-corrected chi connectivity index (χ0v) is 16.0. The van der Waals surface area contributed by atoms with Crippen LogP contribution >= 0.6 is 0 Å². The zero-order chi connectivity index (χ0) is 20.6. The van der Waals surface area contributed by atoms with Gasteiger partial charge in [0.2, 0.25) is 0 Å². The molecule has 0 unspecified atom stereocenters. The van der Waals surface area contributed by atoms with Crippen LogP contribution in [0, 0.1) is 0 Å². The van der Waals surface area contributed by atoms with Gasteiger partial charge in [0, 0.05) is 51.4 Å². The quantitative estimate of drug-likeness (QED) is 0.130. The summed E-state index contributed by atoms with van der Waals surface area (Å²) in [6, 6.07) is 0. The Bertz CT molecular complexity index is 389. The first kappa shape index (κ1) is 44.1. The summed E-state index contributed by atoms with van der Waals surface area (Å²) in [4.78, 5) is 72.8. The monoisotopic (exact) mass is 435 g/mol. The molecule has 12 N–H and O–H groups in total. The fourth-order valence-electron chi connectivity index (χ4n) is 0. The molecule has 0 aliphatic carbocycles. The summed E-state index contributed by atoms with van der Waals surface area (Å²) < 4.78 is 0. The summed E-state index contributed by atoms with van der Waals surface area (Å²) in [7, 11) is 0. The van der Waals surface area contributed by atoms with Gasteiger partial charge in [0.05, 0.1) is 0 Å². The molecular weight excluding hydrogens is 423 g/mol. The van der Waals surface area contributed by atoms with E-state index in [2.05, 4.69) is 0 Å². The molecule has 0 bridgehead atoms. The third-order valence-electron chi connectivity index (χ3n) is 0.732. The van der Waals surface area contributed by atoms with Gasteiger partial charge in [-0.1, -0.05) is 0 Å². The van der Waals surface area contributed by atoms with E-state index in [-0.39, 0.29) is 62.3 Å². The van der Waals surface area contributed by atoms with Crippen molar-refractivity contribution in [2.45, 2.75) is 0 Å². The maximum atomic E-state index is 9.10. The first-order chi connectivity index (χ1) is 10.6. The minimum absolute atomic E-state index is 0. The van der Waals surface area contributed by atoms with E-state index in [0.29, 0.717) is 0 Å². The minimum Gasteiger partial charge on any atom is -0.473 e. The Hall–Kier alpha value is -2.68. The number of carboxylic acid groups (broad SMARTS) is 8. The summed E-state index contributed by atoms with van der Waals surface area (Å²) >= 11 is 0. The number of aliphatic carboxylic acids is 8. The molecule has 19 heteroatoms. The van der Waals surface area contributed by atoms with Crippen LogP contribution in [0.1, 0.15) is 0 Å². The number of rotatable bonds is 0. The molecule has 0 aliphatic rings. The molecule has 0 rings (SSSR count). The molecular formula is C8H12KO18. The molecule has 0 saturated carbocycles. The van der Waals surface area contributed by atoms with Gasteiger partial charge in [0.25, 0.3) is 0 Å². The Morgan fingerprint density at radius 1 is 0.296 bits per heavy atom. The molecule has 0 atom stereocenters. The fraction of sp³-hybridized carbons (Fsp3) is 0. The smallest absolute Gasteiger partial charge is 0.414 e. The normalized spacial score (nSPS) is 6.52. The average molecular weight is 435 g/mol. The van der Waals surface area contributed by atoms with Crippen molar-refractivity contribution in [3.05, 3.63) is 0 Å². The van der Waals surface area contributed by atoms with E-state index in [9.17, 15) is 0 Å². The van der Waals surface area contributed by atoms with Crippen LogP contribution in [0.2, 0.25) is 0 Å². The fourth-order valence-corrected chi connectivity index (χ4v) is 0. The van der Waals surface area contributed by atoms with E-state index in [1.165, 1.54) is 0 Å². The van der Waals surface area contributed by atoms with Crippen LogP contribution in [0.15, 0.2) is 0 Å². The van der Waals surface area contributed by atoms with E-state index < -0.39 is 47.8 Å². The first-order valence-electron chi connectivity index (χ1n) is 4.42. The van der Waals surface area contributed by atoms with E-state index in [4.69, 9.17) is 79.2 Å². The third kappa shape index (κ3) is 59.7. The van der Waals surface area contributed by atoms with Gasteiger partial charge in [-0.25, -0.2) is 38.4 Å². The molecule has 0 aromatic rings. The van der Waals surface area contributed by atoms with Crippen molar-refractivity contribution >= 4 is 99.1 Å². The van der Waals surface area contributed by atoms with Crippen LogP contribution in [0.4, 0.5) is 0 Å². The van der Waals surface area contributed by atoms with Crippen LogP contribution in [0.3, 0.4) is 0 Å². The van der Waals surface area contributed by atoms with Crippen molar-refractivity contribution in [3.8, 4) is 0 Å². The molecule has 0 aromatic carbocycles. The molecule has 0 spiro atoms. The summed E-state index contributed by atoms with van der Waals surface area (Å²) in [6.45, 7) is 0. The van der Waals surface area contributed by atoms with Crippen molar-refractivity contribution in [1.29, 1.82) is 0 Å². The molecule has 27 heavy (non-hydrogen) atoms. The van der Waals surface area contributed by atoms with Crippen LogP contribution in [0.5, 0.6) is 0 Å². The molecule has 0 saturated heterocycles. The van der Waals surface area contributed by atoms with Crippen molar-refractivity contribution in [2.24, 2.45) is 0 Å². The first-order valence-corrected chi connectivity index (χ1v) is 4.42. The molecule has 153 valence electrons. The van der Waals surface area contributed by atoms with Gasteiger partial charge in [-0.05, 0) is 0 Å². The third-order valence-corrected chi connectivity index (χ3v) is 0.732. The van der Waals surface area contributed by atoms with E-state index in [0.717, 1.165) is 0 Å². The second-order valence-electron chi connectivity index (χ2n) is 2.44. The second-order valence-corrected chi connectivity index (χ2v) is 2.44. The number of carboxylic acids is 8. The molecule has 1 radical (unpaired) electrons. The van der Waals surface area contributed by atoms with Crippen LogP contribution in [-0.2, 0) is 38.4 Å². The van der Waals surface area contributed by atoms with Crippen molar-refractivity contribution < 1.29 is 90.2 Å². The standard InChI is InChI=1S/4C2H2O4.K.2H2O/c4*3-1(4)2(5)6;;;/h4*(H,3,4)(H,5,6);;2*1H2. The molecule has 0 amide bonds. The van der Waals surface area contributed by atoms with Gasteiger partial charge in [0.15, 0.2) is 0 Å². The summed E-state index contributed by atoms with van der Waals surface area (Å²) in [5.41, 5.74) is 0. The van der Waals surface area contributed by atoms with E-state index >= 15 is 0 Å². The zero-order valence-electron chi connectivity index (χ0n) is 12.8. The number of hydrogen-bond acceptors (Lipinski definition) is 8. The topological polar surface area (TPSA) is 361 Å². The number of hydrogen-bond donors (Lipinski definition) is 8. The van der Waals surface area contributed by atoms with Crippen molar-refractivity contribution in [2.75, 3.05) is 0 Å². The number of carbonyl (C=O) groups is 8. The molecule has 0 aromatic heterocycles. The van der Waals surface area contributed by atoms with Crippen molar-refractivity contribution in [3.63, 3.8) is 0 Å². The molecule has 0 fully saturated rings. The molecule has 0 heterocycles. The summed E-state index contributed by atoms with van der Waals surface area (Å²) in [5.74, 6) is -14.6. The maximum Gasteiger partial charge on any atom is 0.414 e. The Morgan fingerprint density at radius 2 is 0.333 bits per heavy atom. The van der Waals surface area contributed by atoms with Crippen LogP contribution in [-0.4, -0.2) is 151 Å². The Balaban J connectivity index is -0.0000000381.